The van der Waals surface area contributed by atoms with Crippen LogP contribution in [0.2, 0.25) is 0 Å². The lowest BCUT2D eigenvalue weighted by molar-refractivity contribution is 0.166. The van der Waals surface area contributed by atoms with Crippen molar-refractivity contribution in [1.29, 1.82) is 0 Å². The van der Waals surface area contributed by atoms with Crippen LogP contribution >= 0.6 is 27.5 Å². The summed E-state index contributed by atoms with van der Waals surface area (Å²) >= 11 is 9.68. The van der Waals surface area contributed by atoms with E-state index >= 15 is 0 Å². The van der Waals surface area contributed by atoms with Gasteiger partial charge in [0.1, 0.15) is 0 Å². The van der Waals surface area contributed by atoms with Gasteiger partial charge in [0.15, 0.2) is 0 Å². The van der Waals surface area contributed by atoms with Crippen molar-refractivity contribution in [2.45, 2.75) is 31.7 Å². The van der Waals surface area contributed by atoms with Crippen LogP contribution in [-0.2, 0) is 6.54 Å². The third kappa shape index (κ3) is 3.97. The molecule has 1 aliphatic heterocycles. The lowest BCUT2D eigenvalue weighted by Crippen LogP contribution is -2.37. The summed E-state index contributed by atoms with van der Waals surface area (Å²) < 4.78 is 1.15. The van der Waals surface area contributed by atoms with Gasteiger partial charge >= 0.3 is 0 Å². The normalized spacial score (nSPS) is 23.6. The zero-order chi connectivity index (χ0) is 12.3. The molecule has 0 bridgehead atoms. The largest absolute Gasteiger partial charge is 0.299 e. The van der Waals surface area contributed by atoms with E-state index in [2.05, 4.69) is 52.0 Å². The molecule has 2 atom stereocenters. The molecular formula is C14H19BrClN. The Morgan fingerprint density at radius 2 is 2.12 bits per heavy atom. The van der Waals surface area contributed by atoms with E-state index in [-0.39, 0.29) is 0 Å². The van der Waals surface area contributed by atoms with Gasteiger partial charge in [-0.3, -0.25) is 4.90 Å². The highest BCUT2D eigenvalue weighted by Crippen LogP contribution is 2.24. The quantitative estimate of drug-likeness (QED) is 0.752. The van der Waals surface area contributed by atoms with E-state index in [1.54, 1.807) is 0 Å². The molecule has 0 N–H and O–H groups in total. The van der Waals surface area contributed by atoms with Crippen molar-refractivity contribution in [3.63, 3.8) is 0 Å². The molecule has 1 fully saturated rings. The van der Waals surface area contributed by atoms with Crippen LogP contribution in [0, 0.1) is 5.92 Å². The number of rotatable bonds is 3. The maximum absolute atomic E-state index is 6.21. The van der Waals surface area contributed by atoms with Gasteiger partial charge in [0.05, 0.1) is 0 Å². The maximum Gasteiger partial charge on any atom is 0.0348 e. The molecular weight excluding hydrogens is 298 g/mol. The van der Waals surface area contributed by atoms with E-state index < -0.39 is 0 Å². The molecule has 3 heteroatoms. The molecule has 0 radical (unpaired) electrons. The van der Waals surface area contributed by atoms with E-state index in [4.69, 9.17) is 11.6 Å². The van der Waals surface area contributed by atoms with Gasteiger partial charge in [-0.15, -0.1) is 11.6 Å². The van der Waals surface area contributed by atoms with E-state index in [0.717, 1.165) is 17.6 Å². The topological polar surface area (TPSA) is 3.24 Å². The van der Waals surface area contributed by atoms with Gasteiger partial charge < -0.3 is 0 Å². The smallest absolute Gasteiger partial charge is 0.0348 e. The summed E-state index contributed by atoms with van der Waals surface area (Å²) in [5.41, 5.74) is 1.39. The Hall–Kier alpha value is -0.0500. The second-order valence-corrected chi connectivity index (χ2v) is 6.55. The molecule has 0 spiro atoms. The highest BCUT2D eigenvalue weighted by Gasteiger charge is 2.23. The molecule has 1 saturated heterocycles. The Labute approximate surface area is 117 Å². The summed E-state index contributed by atoms with van der Waals surface area (Å²) in [5, 5.41) is 0.294. The van der Waals surface area contributed by atoms with Crippen molar-refractivity contribution < 1.29 is 0 Å². The second-order valence-electron chi connectivity index (χ2n) is 4.94. The maximum atomic E-state index is 6.21. The van der Waals surface area contributed by atoms with Crippen molar-refractivity contribution in [1.82, 2.24) is 4.90 Å². The molecule has 17 heavy (non-hydrogen) atoms. The molecule has 2 rings (SSSR count). The molecule has 0 amide bonds. The van der Waals surface area contributed by atoms with Crippen molar-refractivity contribution in [3.8, 4) is 0 Å². The number of likely N-dealkylation sites (tertiary alicyclic amines) is 1. The summed E-state index contributed by atoms with van der Waals surface area (Å²) in [5.74, 6) is 0.654. The predicted octanol–water partition coefficient (Wildman–Crippen LogP) is 4.29. The van der Waals surface area contributed by atoms with Crippen LogP contribution in [-0.4, -0.2) is 23.4 Å². The molecule has 0 aliphatic carbocycles. The number of hydrogen-bond donors (Lipinski definition) is 0. The first-order valence-corrected chi connectivity index (χ1v) is 7.49. The van der Waals surface area contributed by atoms with E-state index in [1.807, 2.05) is 0 Å². The molecule has 0 aromatic heterocycles. The first kappa shape index (κ1) is 13.4. The molecule has 1 aromatic carbocycles. The monoisotopic (exact) mass is 315 g/mol. The Morgan fingerprint density at radius 3 is 2.76 bits per heavy atom. The van der Waals surface area contributed by atoms with Crippen molar-refractivity contribution >= 4 is 27.5 Å². The molecule has 1 aliphatic rings. The fourth-order valence-electron chi connectivity index (χ4n) is 2.46. The summed E-state index contributed by atoms with van der Waals surface area (Å²) in [4.78, 5) is 2.52. The van der Waals surface area contributed by atoms with Crippen LogP contribution in [0.5, 0.6) is 0 Å². The number of halogens is 2. The molecule has 0 saturated carbocycles. The van der Waals surface area contributed by atoms with E-state index in [0.29, 0.717) is 11.3 Å². The number of hydrogen-bond acceptors (Lipinski definition) is 1. The second kappa shape index (κ2) is 6.21. The number of alkyl halides is 1. The number of nitrogens with zero attached hydrogens (tertiary/aromatic N) is 1. The van der Waals surface area contributed by atoms with Gasteiger partial charge in [0.25, 0.3) is 0 Å². The first-order chi connectivity index (χ1) is 8.15. The molecule has 1 heterocycles. The lowest BCUT2D eigenvalue weighted by Gasteiger charge is -2.34. The highest BCUT2D eigenvalue weighted by atomic mass is 79.9. The Bertz CT molecular complexity index is 350. The average molecular weight is 317 g/mol. The number of piperidine rings is 1. The van der Waals surface area contributed by atoms with Crippen LogP contribution in [0.1, 0.15) is 25.3 Å². The molecule has 2 unspecified atom stereocenters. The zero-order valence-corrected chi connectivity index (χ0v) is 12.5. The third-order valence-electron chi connectivity index (χ3n) is 3.51. The Balaban J connectivity index is 1.92. The predicted molar refractivity (Wildman–Crippen MR) is 77.5 cm³/mol. The van der Waals surface area contributed by atoms with Gasteiger partial charge in [-0.1, -0.05) is 28.1 Å². The fourth-order valence-corrected chi connectivity index (χ4v) is 2.93. The molecule has 94 valence electrons. The minimum Gasteiger partial charge on any atom is -0.299 e. The highest BCUT2D eigenvalue weighted by molar-refractivity contribution is 9.10. The summed E-state index contributed by atoms with van der Waals surface area (Å²) in [6, 6.07) is 8.61. The van der Waals surface area contributed by atoms with Gasteiger partial charge in [-0.05, 0) is 49.9 Å². The van der Waals surface area contributed by atoms with Crippen LogP contribution in [0.15, 0.2) is 28.7 Å². The van der Waals surface area contributed by atoms with Crippen molar-refractivity contribution in [2.75, 3.05) is 13.1 Å². The van der Waals surface area contributed by atoms with Crippen LogP contribution in [0.25, 0.3) is 0 Å². The fraction of sp³-hybridized carbons (Fsp3) is 0.571. The molecule has 1 aromatic rings. The zero-order valence-electron chi connectivity index (χ0n) is 10.2. The Morgan fingerprint density at radius 1 is 1.41 bits per heavy atom. The van der Waals surface area contributed by atoms with Gasteiger partial charge in [-0.25, -0.2) is 0 Å². The van der Waals surface area contributed by atoms with E-state index in [9.17, 15) is 0 Å². The summed E-state index contributed by atoms with van der Waals surface area (Å²) in [6.07, 6.45) is 2.56. The van der Waals surface area contributed by atoms with E-state index in [1.165, 1.54) is 24.9 Å². The minimum absolute atomic E-state index is 0.294. The minimum atomic E-state index is 0.294. The third-order valence-corrected chi connectivity index (χ3v) is 4.40. The average Bonchev–Trinajstić information content (AvgIpc) is 2.32. The van der Waals surface area contributed by atoms with Crippen molar-refractivity contribution in [3.05, 3.63) is 34.3 Å². The van der Waals surface area contributed by atoms with Gasteiger partial charge in [0.2, 0.25) is 0 Å². The van der Waals surface area contributed by atoms with Crippen molar-refractivity contribution in [2.24, 2.45) is 5.92 Å². The SMILES string of the molecule is CC(Cl)C1CCCN(Cc2ccc(Br)cc2)C1. The van der Waals surface area contributed by atoms with Crippen LogP contribution < -0.4 is 0 Å². The number of benzene rings is 1. The summed E-state index contributed by atoms with van der Waals surface area (Å²) in [6.45, 7) is 5.51. The van der Waals surface area contributed by atoms with Gasteiger partial charge in [0, 0.05) is 22.9 Å². The summed E-state index contributed by atoms with van der Waals surface area (Å²) in [7, 11) is 0. The standard InChI is InChI=1S/C14H19BrClN/c1-11(16)13-3-2-8-17(10-13)9-12-4-6-14(15)7-5-12/h4-7,11,13H,2-3,8-10H2,1H3. The van der Waals surface area contributed by atoms with Gasteiger partial charge in [-0.2, -0.15) is 0 Å². The van der Waals surface area contributed by atoms with Crippen LogP contribution in [0.3, 0.4) is 0 Å². The van der Waals surface area contributed by atoms with Crippen LogP contribution in [0.4, 0.5) is 0 Å². The lowest BCUT2D eigenvalue weighted by atomic mass is 9.95. The first-order valence-electron chi connectivity index (χ1n) is 6.26. The Kier molecular flexibility index (Phi) is 4.89. The molecule has 1 nitrogen and oxygen atoms in total.